The maximum atomic E-state index is 10.8. The fourth-order valence-electron chi connectivity index (χ4n) is 2.19. The second-order valence-electron chi connectivity index (χ2n) is 4.49. The Hall–Kier alpha value is -1.65. The Bertz CT molecular complexity index is 440. The molecule has 1 unspecified atom stereocenters. The van der Waals surface area contributed by atoms with Crippen LogP contribution in [-0.4, -0.2) is 35.1 Å². The maximum absolute atomic E-state index is 10.8. The normalized spacial score (nSPS) is 19.9. The number of carbonyl (C=O) groups is 1. The van der Waals surface area contributed by atoms with Crippen molar-refractivity contribution >= 4 is 5.97 Å². The predicted octanol–water partition coefficient (Wildman–Crippen LogP) is 1.47. The first kappa shape index (κ1) is 12.8. The smallest absolute Gasteiger partial charge is 0.335 e. The number of benzene rings is 1. The molecule has 1 atom stereocenters. The Morgan fingerprint density at radius 3 is 2.72 bits per heavy atom. The quantitative estimate of drug-likeness (QED) is 0.790. The third-order valence-corrected chi connectivity index (χ3v) is 3.24. The Balaban J connectivity index is 2.04. The van der Waals surface area contributed by atoms with Gasteiger partial charge in [-0.15, -0.1) is 0 Å². The van der Waals surface area contributed by atoms with Crippen LogP contribution in [-0.2, 0) is 6.54 Å². The minimum absolute atomic E-state index is 0.290. The van der Waals surface area contributed by atoms with Crippen LogP contribution in [0, 0.1) is 0 Å². The zero-order valence-corrected chi connectivity index (χ0v) is 10.2. The van der Waals surface area contributed by atoms with Crippen LogP contribution in [0.25, 0.3) is 0 Å². The molecule has 1 aliphatic rings. The molecule has 4 heteroatoms. The van der Waals surface area contributed by atoms with Crippen LogP contribution in [0.1, 0.15) is 22.3 Å². The van der Waals surface area contributed by atoms with Crippen LogP contribution >= 0.6 is 0 Å². The zero-order valence-electron chi connectivity index (χ0n) is 10.2. The molecule has 96 valence electrons. The largest absolute Gasteiger partial charge is 0.478 e. The highest BCUT2D eigenvalue weighted by atomic mass is 16.4. The molecule has 0 saturated heterocycles. The molecule has 0 aliphatic carbocycles. The molecule has 4 nitrogen and oxygen atoms in total. The average molecular weight is 246 g/mol. The van der Waals surface area contributed by atoms with E-state index in [1.54, 1.807) is 12.1 Å². The van der Waals surface area contributed by atoms with Gasteiger partial charge in [-0.2, -0.15) is 0 Å². The van der Waals surface area contributed by atoms with Crippen LogP contribution in [0.2, 0.25) is 0 Å². The van der Waals surface area contributed by atoms with Crippen molar-refractivity contribution < 1.29 is 9.90 Å². The van der Waals surface area contributed by atoms with E-state index in [0.717, 1.165) is 25.1 Å². The fourth-order valence-corrected chi connectivity index (χ4v) is 2.19. The van der Waals surface area contributed by atoms with E-state index in [2.05, 4.69) is 17.1 Å². The Morgan fingerprint density at radius 2 is 2.11 bits per heavy atom. The second-order valence-corrected chi connectivity index (χ2v) is 4.49. The summed E-state index contributed by atoms with van der Waals surface area (Å²) in [7, 11) is 0. The molecule has 0 radical (unpaired) electrons. The highest BCUT2D eigenvalue weighted by Gasteiger charge is 2.17. The standard InChI is InChI=1S/C14H18N2O2/c15-9-13-3-1-2-8-16(13)10-11-4-6-12(7-5-11)14(17)18/h1,3-7,13H,2,8-10,15H2,(H,17,18). The summed E-state index contributed by atoms with van der Waals surface area (Å²) in [6.45, 7) is 2.43. The molecule has 0 amide bonds. The van der Waals surface area contributed by atoms with Gasteiger partial charge in [0.05, 0.1) is 5.56 Å². The molecule has 3 N–H and O–H groups in total. The van der Waals surface area contributed by atoms with E-state index in [-0.39, 0.29) is 6.04 Å². The van der Waals surface area contributed by atoms with E-state index in [1.807, 2.05) is 12.1 Å². The van der Waals surface area contributed by atoms with Gasteiger partial charge in [-0.1, -0.05) is 24.3 Å². The van der Waals surface area contributed by atoms with Crippen LogP contribution in [0.5, 0.6) is 0 Å². The van der Waals surface area contributed by atoms with E-state index in [0.29, 0.717) is 12.1 Å². The van der Waals surface area contributed by atoms with Gasteiger partial charge >= 0.3 is 5.97 Å². The van der Waals surface area contributed by atoms with E-state index in [4.69, 9.17) is 10.8 Å². The Morgan fingerprint density at radius 1 is 1.39 bits per heavy atom. The molecule has 1 aliphatic heterocycles. The molecule has 0 saturated carbocycles. The molecular weight excluding hydrogens is 228 g/mol. The van der Waals surface area contributed by atoms with Gasteiger partial charge in [0.25, 0.3) is 0 Å². The summed E-state index contributed by atoms with van der Waals surface area (Å²) in [4.78, 5) is 13.1. The monoisotopic (exact) mass is 246 g/mol. The van der Waals surface area contributed by atoms with Crippen molar-refractivity contribution in [3.05, 3.63) is 47.5 Å². The molecule has 18 heavy (non-hydrogen) atoms. The number of rotatable bonds is 4. The van der Waals surface area contributed by atoms with E-state index >= 15 is 0 Å². The maximum Gasteiger partial charge on any atom is 0.335 e. The van der Waals surface area contributed by atoms with Gasteiger partial charge in [-0.25, -0.2) is 4.79 Å². The number of hydrogen-bond donors (Lipinski definition) is 2. The number of aromatic carboxylic acids is 1. The van der Waals surface area contributed by atoms with Gasteiger partial charge in [0.2, 0.25) is 0 Å². The minimum Gasteiger partial charge on any atom is -0.478 e. The SMILES string of the molecule is NCC1C=CCCN1Cc1ccc(C(=O)O)cc1. The molecule has 2 rings (SSSR count). The van der Waals surface area contributed by atoms with E-state index < -0.39 is 5.97 Å². The fraction of sp³-hybridized carbons (Fsp3) is 0.357. The highest BCUT2D eigenvalue weighted by molar-refractivity contribution is 5.87. The summed E-state index contributed by atoms with van der Waals surface area (Å²) in [6, 6.07) is 7.33. The number of nitrogens with zero attached hydrogens (tertiary/aromatic N) is 1. The lowest BCUT2D eigenvalue weighted by Gasteiger charge is -2.31. The van der Waals surface area contributed by atoms with Gasteiger partial charge in [0.15, 0.2) is 0 Å². The second kappa shape index (κ2) is 5.80. The first-order chi connectivity index (χ1) is 8.70. The zero-order chi connectivity index (χ0) is 13.0. The predicted molar refractivity (Wildman–Crippen MR) is 70.4 cm³/mol. The summed E-state index contributed by atoms with van der Waals surface area (Å²) < 4.78 is 0. The van der Waals surface area contributed by atoms with E-state index in [9.17, 15) is 4.79 Å². The highest BCUT2D eigenvalue weighted by Crippen LogP contribution is 2.14. The molecular formula is C14H18N2O2. The number of nitrogens with two attached hydrogens (primary N) is 1. The lowest BCUT2D eigenvalue weighted by atomic mass is 10.1. The van der Waals surface area contributed by atoms with Crippen LogP contribution in [0.4, 0.5) is 0 Å². The van der Waals surface area contributed by atoms with Crippen molar-refractivity contribution in [2.75, 3.05) is 13.1 Å². The Kier molecular flexibility index (Phi) is 4.12. The topological polar surface area (TPSA) is 66.6 Å². The third-order valence-electron chi connectivity index (χ3n) is 3.24. The van der Waals surface area contributed by atoms with Crippen molar-refractivity contribution in [2.24, 2.45) is 5.73 Å². The molecule has 1 heterocycles. The summed E-state index contributed by atoms with van der Waals surface area (Å²) in [5.74, 6) is -0.887. The lowest BCUT2D eigenvalue weighted by molar-refractivity contribution is 0.0697. The van der Waals surface area contributed by atoms with Gasteiger partial charge in [0.1, 0.15) is 0 Å². The first-order valence-electron chi connectivity index (χ1n) is 6.13. The van der Waals surface area contributed by atoms with Gasteiger partial charge in [-0.3, -0.25) is 4.90 Å². The molecule has 1 aromatic carbocycles. The van der Waals surface area contributed by atoms with Crippen molar-refractivity contribution in [3.8, 4) is 0 Å². The summed E-state index contributed by atoms with van der Waals surface area (Å²) in [6.07, 6.45) is 5.36. The number of hydrogen-bond acceptors (Lipinski definition) is 3. The minimum atomic E-state index is -0.887. The summed E-state index contributed by atoms with van der Waals surface area (Å²) in [5.41, 5.74) is 7.19. The molecule has 0 aromatic heterocycles. The van der Waals surface area contributed by atoms with Crippen molar-refractivity contribution in [3.63, 3.8) is 0 Å². The van der Waals surface area contributed by atoms with Gasteiger partial charge < -0.3 is 10.8 Å². The number of carboxylic acid groups (broad SMARTS) is 1. The van der Waals surface area contributed by atoms with E-state index in [1.165, 1.54) is 0 Å². The summed E-state index contributed by atoms with van der Waals surface area (Å²) >= 11 is 0. The molecule has 0 spiro atoms. The van der Waals surface area contributed by atoms with Crippen LogP contribution in [0.3, 0.4) is 0 Å². The van der Waals surface area contributed by atoms with Crippen LogP contribution in [0.15, 0.2) is 36.4 Å². The molecule has 0 fully saturated rings. The molecule has 0 bridgehead atoms. The third kappa shape index (κ3) is 2.97. The van der Waals surface area contributed by atoms with Gasteiger partial charge in [0, 0.05) is 25.7 Å². The summed E-state index contributed by atoms with van der Waals surface area (Å²) in [5, 5.41) is 8.84. The van der Waals surface area contributed by atoms with Crippen molar-refractivity contribution in [1.29, 1.82) is 0 Å². The van der Waals surface area contributed by atoms with Crippen molar-refractivity contribution in [2.45, 2.75) is 19.0 Å². The van der Waals surface area contributed by atoms with Gasteiger partial charge in [-0.05, 0) is 24.1 Å². The Labute approximate surface area is 107 Å². The van der Waals surface area contributed by atoms with Crippen molar-refractivity contribution in [1.82, 2.24) is 4.90 Å². The first-order valence-corrected chi connectivity index (χ1v) is 6.13. The molecule has 1 aromatic rings. The lowest BCUT2D eigenvalue weighted by Crippen LogP contribution is -2.41. The van der Waals surface area contributed by atoms with Crippen LogP contribution < -0.4 is 5.73 Å². The average Bonchev–Trinajstić information content (AvgIpc) is 2.40. The number of carboxylic acids is 1.